The van der Waals surface area contributed by atoms with Gasteiger partial charge < -0.3 is 0 Å². The standard InChI is InChI=1S/C15H23FN2/c1-10-4-3-5-12(8-10)15(18-17)13-9-11(2)6-7-14(13)16/h6-7,9-10,12,15,18H,3-5,8,17H2,1-2H3. The molecular formula is C15H23FN2. The van der Waals surface area contributed by atoms with Crippen molar-refractivity contribution < 1.29 is 4.39 Å². The second-order valence-electron chi connectivity index (χ2n) is 5.70. The van der Waals surface area contributed by atoms with E-state index in [0.717, 1.165) is 24.0 Å². The van der Waals surface area contributed by atoms with Crippen molar-refractivity contribution in [2.45, 2.75) is 45.6 Å². The number of aryl methyl sites for hydroxylation is 1. The summed E-state index contributed by atoms with van der Waals surface area (Å²) in [5.41, 5.74) is 4.63. The van der Waals surface area contributed by atoms with Gasteiger partial charge >= 0.3 is 0 Å². The Morgan fingerprint density at radius 1 is 1.39 bits per heavy atom. The molecule has 1 aromatic rings. The Hall–Kier alpha value is -0.930. The molecule has 0 heterocycles. The number of nitrogens with two attached hydrogens (primary N) is 1. The maximum atomic E-state index is 14.0. The van der Waals surface area contributed by atoms with Gasteiger partial charge in [0.05, 0.1) is 6.04 Å². The fraction of sp³-hybridized carbons (Fsp3) is 0.600. The molecule has 3 N–H and O–H groups in total. The van der Waals surface area contributed by atoms with Gasteiger partial charge in [-0.1, -0.05) is 37.5 Å². The van der Waals surface area contributed by atoms with Crippen molar-refractivity contribution in [3.8, 4) is 0 Å². The van der Waals surface area contributed by atoms with Gasteiger partial charge in [-0.3, -0.25) is 11.3 Å². The predicted octanol–water partition coefficient (Wildman–Crippen LogP) is 3.46. The van der Waals surface area contributed by atoms with Crippen LogP contribution in [0.15, 0.2) is 18.2 Å². The van der Waals surface area contributed by atoms with E-state index in [1.807, 2.05) is 13.0 Å². The molecule has 100 valence electrons. The van der Waals surface area contributed by atoms with Crippen LogP contribution < -0.4 is 11.3 Å². The van der Waals surface area contributed by atoms with Gasteiger partial charge in [-0.15, -0.1) is 0 Å². The quantitative estimate of drug-likeness (QED) is 0.637. The van der Waals surface area contributed by atoms with E-state index in [9.17, 15) is 4.39 Å². The van der Waals surface area contributed by atoms with Crippen molar-refractivity contribution in [1.82, 2.24) is 5.43 Å². The van der Waals surface area contributed by atoms with Crippen LogP contribution in [0, 0.1) is 24.6 Å². The van der Waals surface area contributed by atoms with Crippen molar-refractivity contribution in [3.63, 3.8) is 0 Å². The number of halogens is 1. The number of hydrogen-bond donors (Lipinski definition) is 2. The summed E-state index contributed by atoms with van der Waals surface area (Å²) in [6.07, 6.45) is 4.76. The molecule has 0 aliphatic heterocycles. The van der Waals surface area contributed by atoms with Crippen LogP contribution in [0.5, 0.6) is 0 Å². The fourth-order valence-corrected chi connectivity index (χ4v) is 3.17. The molecule has 3 atom stereocenters. The molecule has 0 saturated heterocycles. The topological polar surface area (TPSA) is 38.0 Å². The van der Waals surface area contributed by atoms with Crippen LogP contribution in [0.2, 0.25) is 0 Å². The maximum Gasteiger partial charge on any atom is 0.128 e. The van der Waals surface area contributed by atoms with E-state index in [1.54, 1.807) is 12.1 Å². The van der Waals surface area contributed by atoms with E-state index in [-0.39, 0.29) is 11.9 Å². The Morgan fingerprint density at radius 2 is 2.17 bits per heavy atom. The lowest BCUT2D eigenvalue weighted by Crippen LogP contribution is -2.36. The van der Waals surface area contributed by atoms with E-state index in [4.69, 9.17) is 5.84 Å². The van der Waals surface area contributed by atoms with Gasteiger partial charge in [0, 0.05) is 5.56 Å². The smallest absolute Gasteiger partial charge is 0.128 e. The van der Waals surface area contributed by atoms with Crippen molar-refractivity contribution in [3.05, 3.63) is 35.1 Å². The van der Waals surface area contributed by atoms with E-state index < -0.39 is 0 Å². The van der Waals surface area contributed by atoms with Gasteiger partial charge in [-0.2, -0.15) is 0 Å². The van der Waals surface area contributed by atoms with Crippen LogP contribution in [0.3, 0.4) is 0 Å². The van der Waals surface area contributed by atoms with E-state index in [1.165, 1.54) is 12.8 Å². The summed E-state index contributed by atoms with van der Waals surface area (Å²) in [5.74, 6) is 6.69. The fourth-order valence-electron chi connectivity index (χ4n) is 3.17. The molecule has 3 heteroatoms. The summed E-state index contributed by atoms with van der Waals surface area (Å²) < 4.78 is 14.0. The lowest BCUT2D eigenvalue weighted by molar-refractivity contribution is 0.221. The Labute approximate surface area is 109 Å². The monoisotopic (exact) mass is 250 g/mol. The summed E-state index contributed by atoms with van der Waals surface area (Å²) in [7, 11) is 0. The van der Waals surface area contributed by atoms with Crippen molar-refractivity contribution >= 4 is 0 Å². The first-order valence-corrected chi connectivity index (χ1v) is 6.84. The third kappa shape index (κ3) is 2.90. The molecule has 0 amide bonds. The first-order chi connectivity index (χ1) is 8.61. The number of hydrogen-bond acceptors (Lipinski definition) is 2. The number of rotatable bonds is 3. The van der Waals surface area contributed by atoms with Crippen LogP contribution in [0.4, 0.5) is 4.39 Å². The largest absolute Gasteiger partial charge is 0.271 e. The normalized spacial score (nSPS) is 26.0. The highest BCUT2D eigenvalue weighted by Gasteiger charge is 2.28. The molecule has 1 aliphatic rings. The van der Waals surface area contributed by atoms with Crippen LogP contribution in [-0.4, -0.2) is 0 Å². The highest BCUT2D eigenvalue weighted by Crippen LogP contribution is 2.37. The average molecular weight is 250 g/mol. The first kappa shape index (κ1) is 13.5. The van der Waals surface area contributed by atoms with Gasteiger partial charge in [0.15, 0.2) is 0 Å². The molecule has 0 aromatic heterocycles. The number of hydrazine groups is 1. The third-order valence-electron chi connectivity index (χ3n) is 4.11. The second kappa shape index (κ2) is 5.81. The minimum Gasteiger partial charge on any atom is -0.271 e. The molecule has 18 heavy (non-hydrogen) atoms. The minimum absolute atomic E-state index is 0.0624. The molecule has 2 nitrogen and oxygen atoms in total. The Bertz CT molecular complexity index is 405. The molecule has 0 bridgehead atoms. The zero-order valence-corrected chi connectivity index (χ0v) is 11.2. The molecule has 0 spiro atoms. The van der Waals surface area contributed by atoms with Crippen molar-refractivity contribution in [2.24, 2.45) is 17.7 Å². The average Bonchev–Trinajstić information content (AvgIpc) is 2.35. The van der Waals surface area contributed by atoms with Crippen LogP contribution in [0.1, 0.15) is 49.8 Å². The van der Waals surface area contributed by atoms with Gasteiger partial charge in [0.2, 0.25) is 0 Å². The molecule has 3 unspecified atom stereocenters. The van der Waals surface area contributed by atoms with Gasteiger partial charge in [0.1, 0.15) is 5.82 Å². The minimum atomic E-state index is -0.151. The van der Waals surface area contributed by atoms with E-state index in [2.05, 4.69) is 12.3 Å². The van der Waals surface area contributed by atoms with Gasteiger partial charge in [-0.05, 0) is 37.7 Å². The molecule has 2 rings (SSSR count). The Morgan fingerprint density at radius 3 is 2.83 bits per heavy atom. The predicted molar refractivity (Wildman–Crippen MR) is 72.3 cm³/mol. The zero-order chi connectivity index (χ0) is 13.1. The first-order valence-electron chi connectivity index (χ1n) is 6.84. The number of nitrogens with one attached hydrogen (secondary N) is 1. The summed E-state index contributed by atoms with van der Waals surface area (Å²) in [6.45, 7) is 4.26. The molecule has 1 fully saturated rings. The van der Waals surface area contributed by atoms with Gasteiger partial charge in [-0.25, -0.2) is 4.39 Å². The molecule has 1 aliphatic carbocycles. The van der Waals surface area contributed by atoms with Crippen LogP contribution >= 0.6 is 0 Å². The van der Waals surface area contributed by atoms with Crippen LogP contribution in [-0.2, 0) is 0 Å². The van der Waals surface area contributed by atoms with Gasteiger partial charge in [0.25, 0.3) is 0 Å². The molecule has 0 radical (unpaired) electrons. The van der Waals surface area contributed by atoms with E-state index >= 15 is 0 Å². The third-order valence-corrected chi connectivity index (χ3v) is 4.11. The van der Waals surface area contributed by atoms with Crippen molar-refractivity contribution in [2.75, 3.05) is 0 Å². The highest BCUT2D eigenvalue weighted by molar-refractivity contribution is 5.27. The Kier molecular flexibility index (Phi) is 4.36. The summed E-state index contributed by atoms with van der Waals surface area (Å²) >= 11 is 0. The maximum absolute atomic E-state index is 14.0. The van der Waals surface area contributed by atoms with E-state index in [0.29, 0.717) is 11.8 Å². The summed E-state index contributed by atoms with van der Waals surface area (Å²) in [4.78, 5) is 0. The SMILES string of the molecule is Cc1ccc(F)c(C(NN)C2CCCC(C)C2)c1. The highest BCUT2D eigenvalue weighted by atomic mass is 19.1. The summed E-state index contributed by atoms with van der Waals surface area (Å²) in [5, 5.41) is 0. The molecular weight excluding hydrogens is 227 g/mol. The number of benzene rings is 1. The second-order valence-corrected chi connectivity index (χ2v) is 5.70. The molecule has 1 saturated carbocycles. The lowest BCUT2D eigenvalue weighted by Gasteiger charge is -2.33. The van der Waals surface area contributed by atoms with Crippen LogP contribution in [0.25, 0.3) is 0 Å². The molecule has 1 aromatic carbocycles. The zero-order valence-electron chi connectivity index (χ0n) is 11.2. The Balaban J connectivity index is 2.24. The summed E-state index contributed by atoms with van der Waals surface area (Å²) in [6, 6.07) is 5.20. The van der Waals surface area contributed by atoms with Crippen molar-refractivity contribution in [1.29, 1.82) is 0 Å². The lowest BCUT2D eigenvalue weighted by atomic mass is 9.76.